The maximum Gasteiger partial charge on any atom is 0.471 e. The van der Waals surface area contributed by atoms with Gasteiger partial charge < -0.3 is 14.4 Å². The molecule has 0 bridgehead atoms. The lowest BCUT2D eigenvalue weighted by atomic mass is 10.1. The summed E-state index contributed by atoms with van der Waals surface area (Å²) < 4.78 is 18.5. The summed E-state index contributed by atoms with van der Waals surface area (Å²) in [6, 6.07) is 12.2. The van der Waals surface area contributed by atoms with Crippen LogP contribution in [0.15, 0.2) is 36.4 Å². The monoisotopic (exact) mass is 347 g/mol. The van der Waals surface area contributed by atoms with E-state index in [0.717, 1.165) is 39.4 Å². The third-order valence-electron chi connectivity index (χ3n) is 4.20. The van der Waals surface area contributed by atoms with Crippen LogP contribution >= 0.6 is 7.82 Å². The lowest BCUT2D eigenvalue weighted by Crippen LogP contribution is -2.11. The van der Waals surface area contributed by atoms with Crippen molar-refractivity contribution in [2.75, 3.05) is 0 Å². The van der Waals surface area contributed by atoms with Crippen molar-refractivity contribution in [2.24, 2.45) is 0 Å². The SMILES string of the molecule is CCCC(OP(=O)(O)O)n1c2ccc(C)cc2c2cc(C)ccc21. The van der Waals surface area contributed by atoms with Gasteiger partial charge in [0, 0.05) is 10.8 Å². The highest BCUT2D eigenvalue weighted by atomic mass is 31.2. The first-order chi connectivity index (χ1) is 11.3. The molecule has 1 heterocycles. The van der Waals surface area contributed by atoms with Gasteiger partial charge in [-0.3, -0.25) is 4.52 Å². The number of rotatable bonds is 5. The summed E-state index contributed by atoms with van der Waals surface area (Å²) in [7, 11) is -4.59. The number of hydrogen-bond donors (Lipinski definition) is 2. The fraction of sp³-hybridized carbons (Fsp3) is 0.333. The van der Waals surface area contributed by atoms with Crippen molar-refractivity contribution in [1.82, 2.24) is 4.57 Å². The van der Waals surface area contributed by atoms with Gasteiger partial charge in [0.1, 0.15) is 6.23 Å². The van der Waals surface area contributed by atoms with Crippen LogP contribution in [0.4, 0.5) is 0 Å². The maximum absolute atomic E-state index is 11.5. The molecule has 0 saturated carbocycles. The van der Waals surface area contributed by atoms with Crippen molar-refractivity contribution in [3.63, 3.8) is 0 Å². The van der Waals surface area contributed by atoms with E-state index >= 15 is 0 Å². The lowest BCUT2D eigenvalue weighted by molar-refractivity contribution is 0.0822. The minimum atomic E-state index is -4.59. The van der Waals surface area contributed by atoms with Gasteiger partial charge in [-0.05, 0) is 44.5 Å². The van der Waals surface area contributed by atoms with Crippen LogP contribution in [0.2, 0.25) is 0 Å². The molecule has 0 radical (unpaired) electrons. The zero-order valence-corrected chi connectivity index (χ0v) is 15.0. The minimum Gasteiger partial charge on any atom is -0.313 e. The maximum atomic E-state index is 11.5. The van der Waals surface area contributed by atoms with Crippen LogP contribution in [0.25, 0.3) is 21.8 Å². The van der Waals surface area contributed by atoms with Crippen LogP contribution in [-0.4, -0.2) is 14.4 Å². The quantitative estimate of drug-likeness (QED) is 0.649. The van der Waals surface area contributed by atoms with Crippen LogP contribution in [-0.2, 0) is 9.09 Å². The molecule has 0 aliphatic heterocycles. The first-order valence-electron chi connectivity index (χ1n) is 8.05. The van der Waals surface area contributed by atoms with Crippen molar-refractivity contribution < 1.29 is 18.9 Å². The third-order valence-corrected chi connectivity index (χ3v) is 4.71. The minimum absolute atomic E-state index is 0.520. The Bertz CT molecular complexity index is 882. The van der Waals surface area contributed by atoms with Gasteiger partial charge in [-0.1, -0.05) is 36.6 Å². The Balaban J connectivity index is 2.33. The molecule has 1 atom stereocenters. The summed E-state index contributed by atoms with van der Waals surface area (Å²) in [4.78, 5) is 18.6. The van der Waals surface area contributed by atoms with Crippen molar-refractivity contribution in [3.05, 3.63) is 47.5 Å². The Hall–Kier alpha value is -1.65. The molecule has 0 saturated heterocycles. The highest BCUT2D eigenvalue weighted by molar-refractivity contribution is 7.46. The van der Waals surface area contributed by atoms with Crippen LogP contribution in [0.5, 0.6) is 0 Å². The molecule has 0 amide bonds. The summed E-state index contributed by atoms with van der Waals surface area (Å²) >= 11 is 0. The zero-order chi connectivity index (χ0) is 17.5. The van der Waals surface area contributed by atoms with Crippen LogP contribution in [0, 0.1) is 13.8 Å². The van der Waals surface area contributed by atoms with E-state index in [1.165, 1.54) is 0 Å². The highest BCUT2D eigenvalue weighted by Crippen LogP contribution is 2.44. The number of aromatic nitrogens is 1. The summed E-state index contributed by atoms with van der Waals surface area (Å²) in [5.41, 5.74) is 4.14. The molecular formula is C18H22NO4P. The fourth-order valence-electron chi connectivity index (χ4n) is 3.23. The molecule has 5 nitrogen and oxygen atoms in total. The highest BCUT2D eigenvalue weighted by Gasteiger charge is 2.26. The second-order valence-corrected chi connectivity index (χ2v) is 7.44. The van der Waals surface area contributed by atoms with Crippen LogP contribution < -0.4 is 0 Å². The van der Waals surface area contributed by atoms with Gasteiger partial charge in [-0.2, -0.15) is 0 Å². The molecule has 1 aromatic heterocycles. The molecule has 1 unspecified atom stereocenters. The van der Waals surface area contributed by atoms with E-state index < -0.39 is 14.1 Å². The first-order valence-corrected chi connectivity index (χ1v) is 9.58. The number of hydrogen-bond acceptors (Lipinski definition) is 2. The molecule has 3 aromatic rings. The van der Waals surface area contributed by atoms with Gasteiger partial charge in [0.05, 0.1) is 11.0 Å². The molecule has 2 N–H and O–H groups in total. The number of aryl methyl sites for hydroxylation is 2. The van der Waals surface area contributed by atoms with Crippen molar-refractivity contribution >= 4 is 29.6 Å². The van der Waals surface area contributed by atoms with Gasteiger partial charge in [-0.15, -0.1) is 0 Å². The summed E-state index contributed by atoms with van der Waals surface area (Å²) in [6.45, 7) is 6.04. The van der Waals surface area contributed by atoms with E-state index in [1.54, 1.807) is 0 Å². The predicted octanol–water partition coefficient (Wildman–Crippen LogP) is 4.82. The molecule has 0 aliphatic carbocycles. The topological polar surface area (TPSA) is 71.7 Å². The third kappa shape index (κ3) is 3.26. The number of nitrogens with zero attached hydrogens (tertiary/aromatic N) is 1. The van der Waals surface area contributed by atoms with Gasteiger partial charge >= 0.3 is 7.82 Å². The summed E-state index contributed by atoms with van der Waals surface area (Å²) in [6.07, 6.45) is 0.566. The van der Waals surface area contributed by atoms with E-state index in [9.17, 15) is 14.4 Å². The molecule has 24 heavy (non-hydrogen) atoms. The largest absolute Gasteiger partial charge is 0.471 e. The molecule has 0 fully saturated rings. The average molecular weight is 347 g/mol. The summed E-state index contributed by atoms with van der Waals surface area (Å²) in [5.74, 6) is 0. The Morgan fingerprint density at radius 3 is 1.96 bits per heavy atom. The van der Waals surface area contributed by atoms with Crippen molar-refractivity contribution in [3.8, 4) is 0 Å². The normalized spacial score (nSPS) is 13.7. The van der Waals surface area contributed by atoms with E-state index in [1.807, 2.05) is 49.6 Å². The number of fused-ring (bicyclic) bond motifs is 3. The molecule has 6 heteroatoms. The van der Waals surface area contributed by atoms with E-state index in [2.05, 4.69) is 12.1 Å². The first kappa shape index (κ1) is 17.2. The molecule has 128 valence electrons. The van der Waals surface area contributed by atoms with Crippen molar-refractivity contribution in [2.45, 2.75) is 39.8 Å². The Morgan fingerprint density at radius 1 is 1.04 bits per heavy atom. The number of benzene rings is 2. The molecular weight excluding hydrogens is 325 g/mol. The standard InChI is InChI=1S/C18H22NO4P/c1-4-5-18(23-24(20,21)22)19-16-8-6-12(2)10-14(16)15-11-13(3)7-9-17(15)19/h6-11,18H,4-5H2,1-3H3,(H2,20,21,22). The molecule has 2 aromatic carbocycles. The molecule has 0 spiro atoms. The van der Waals surface area contributed by atoms with Crippen LogP contribution in [0.1, 0.15) is 37.1 Å². The second-order valence-electron chi connectivity index (χ2n) is 6.25. The predicted molar refractivity (Wildman–Crippen MR) is 96.0 cm³/mol. The van der Waals surface area contributed by atoms with Crippen molar-refractivity contribution in [1.29, 1.82) is 0 Å². The fourth-order valence-corrected chi connectivity index (χ4v) is 3.74. The van der Waals surface area contributed by atoms with Gasteiger partial charge in [0.15, 0.2) is 0 Å². The number of phosphoric ester groups is 1. The Labute approximate surface area is 141 Å². The molecule has 3 rings (SSSR count). The van der Waals surface area contributed by atoms with E-state index in [4.69, 9.17) is 4.52 Å². The smallest absolute Gasteiger partial charge is 0.313 e. The van der Waals surface area contributed by atoms with Gasteiger partial charge in [0.25, 0.3) is 0 Å². The van der Waals surface area contributed by atoms with E-state index in [-0.39, 0.29) is 0 Å². The molecule has 0 aliphatic rings. The van der Waals surface area contributed by atoms with Crippen LogP contribution in [0.3, 0.4) is 0 Å². The van der Waals surface area contributed by atoms with Gasteiger partial charge in [-0.25, -0.2) is 4.57 Å². The zero-order valence-electron chi connectivity index (χ0n) is 14.1. The lowest BCUT2D eigenvalue weighted by Gasteiger charge is -2.21. The van der Waals surface area contributed by atoms with Gasteiger partial charge in [0.2, 0.25) is 0 Å². The van der Waals surface area contributed by atoms with E-state index in [0.29, 0.717) is 6.42 Å². The average Bonchev–Trinajstić information content (AvgIpc) is 2.78. The number of phosphoric acid groups is 1. The second kappa shape index (κ2) is 6.34. The Kier molecular flexibility index (Phi) is 4.54. The summed E-state index contributed by atoms with van der Waals surface area (Å²) in [5, 5.41) is 2.15. The Morgan fingerprint density at radius 2 is 1.54 bits per heavy atom.